The van der Waals surface area contributed by atoms with E-state index in [1.54, 1.807) is 18.3 Å². The lowest BCUT2D eigenvalue weighted by atomic mass is 10.0. The number of fused-ring (bicyclic) bond motifs is 3. The molecule has 2 aliphatic heterocycles. The summed E-state index contributed by atoms with van der Waals surface area (Å²) < 4.78 is 21.2. The summed E-state index contributed by atoms with van der Waals surface area (Å²) in [7, 11) is 0. The first-order valence-corrected chi connectivity index (χ1v) is 9.73. The maximum Gasteiger partial charge on any atom is 0.161 e. The van der Waals surface area contributed by atoms with E-state index >= 15 is 0 Å². The Bertz CT molecular complexity index is 1040. The summed E-state index contributed by atoms with van der Waals surface area (Å²) in [5.74, 6) is 0.571. The van der Waals surface area contributed by atoms with Gasteiger partial charge in [-0.15, -0.1) is 0 Å². The average Bonchev–Trinajstić information content (AvgIpc) is 3.19. The molecule has 0 aliphatic carbocycles. The quantitative estimate of drug-likeness (QED) is 0.639. The number of carbonyl (C=O) groups excluding carboxylic acids is 1. The Labute approximate surface area is 168 Å². The second kappa shape index (κ2) is 7.33. The number of ether oxygens (including phenoxy) is 1. The third-order valence-electron chi connectivity index (χ3n) is 5.63. The van der Waals surface area contributed by atoms with Gasteiger partial charge >= 0.3 is 0 Å². The fraction of sp³-hybridized carbons (Fsp3) is 0.273. The highest BCUT2D eigenvalue weighted by atomic mass is 19.1. The highest BCUT2D eigenvalue weighted by Crippen LogP contribution is 2.38. The minimum absolute atomic E-state index is 0.236. The Hall–Kier alpha value is -3.19. The van der Waals surface area contributed by atoms with Gasteiger partial charge in [0.2, 0.25) is 0 Å². The average molecular weight is 392 g/mol. The van der Waals surface area contributed by atoms with Crippen molar-refractivity contribution in [1.29, 1.82) is 0 Å². The van der Waals surface area contributed by atoms with E-state index in [0.29, 0.717) is 19.7 Å². The van der Waals surface area contributed by atoms with Crippen molar-refractivity contribution >= 4 is 12.0 Å². The first-order chi connectivity index (χ1) is 14.2. The van der Waals surface area contributed by atoms with Gasteiger partial charge in [0, 0.05) is 43.0 Å². The zero-order valence-electron chi connectivity index (χ0n) is 15.9. The first kappa shape index (κ1) is 17.9. The lowest BCUT2D eigenvalue weighted by Gasteiger charge is -2.39. The molecule has 0 saturated carbocycles. The van der Waals surface area contributed by atoms with E-state index in [0.717, 1.165) is 47.6 Å². The molecular formula is C22H21FN4O2. The highest BCUT2D eigenvalue weighted by Gasteiger charge is 2.30. The number of para-hydroxylation sites is 1. The number of hydrogen-bond acceptors (Lipinski definition) is 5. The zero-order valence-corrected chi connectivity index (χ0v) is 15.9. The summed E-state index contributed by atoms with van der Waals surface area (Å²) in [4.78, 5) is 16.4. The van der Waals surface area contributed by atoms with Crippen molar-refractivity contribution in [3.05, 3.63) is 66.1 Å². The predicted molar refractivity (Wildman–Crippen MR) is 107 cm³/mol. The van der Waals surface area contributed by atoms with Crippen molar-refractivity contribution in [2.45, 2.75) is 12.8 Å². The number of aldehydes is 1. The number of nitrogens with zero attached hydrogens (tertiary/aromatic N) is 4. The molecule has 29 heavy (non-hydrogen) atoms. The number of rotatable bonds is 4. The van der Waals surface area contributed by atoms with Crippen molar-refractivity contribution < 1.29 is 13.9 Å². The van der Waals surface area contributed by atoms with Crippen LogP contribution in [-0.4, -0.2) is 47.1 Å². The molecule has 2 aromatic carbocycles. The molecule has 0 radical (unpaired) electrons. The monoisotopic (exact) mass is 392 g/mol. The summed E-state index contributed by atoms with van der Waals surface area (Å²) in [5, 5.41) is 4.53. The molecule has 1 saturated heterocycles. The lowest BCUT2D eigenvalue weighted by molar-refractivity contribution is -0.115. The molecular weight excluding hydrogens is 371 g/mol. The molecule has 1 fully saturated rings. The van der Waals surface area contributed by atoms with Crippen LogP contribution < -0.4 is 9.64 Å². The molecule has 0 spiro atoms. The van der Waals surface area contributed by atoms with Gasteiger partial charge in [0.25, 0.3) is 0 Å². The number of hydrogen-bond donors (Lipinski definition) is 0. The van der Waals surface area contributed by atoms with Gasteiger partial charge in [0.15, 0.2) is 12.5 Å². The van der Waals surface area contributed by atoms with E-state index in [1.807, 2.05) is 35.0 Å². The van der Waals surface area contributed by atoms with Gasteiger partial charge in [-0.05, 0) is 30.3 Å². The fourth-order valence-electron chi connectivity index (χ4n) is 4.16. The molecule has 3 aromatic rings. The van der Waals surface area contributed by atoms with Gasteiger partial charge in [-0.1, -0.05) is 18.2 Å². The Morgan fingerprint density at radius 3 is 2.69 bits per heavy atom. The molecule has 0 amide bonds. The van der Waals surface area contributed by atoms with Crippen LogP contribution in [-0.2, 0) is 11.4 Å². The number of anilines is 1. The van der Waals surface area contributed by atoms with Crippen molar-refractivity contribution in [3.8, 4) is 17.0 Å². The van der Waals surface area contributed by atoms with E-state index in [4.69, 9.17) is 4.74 Å². The summed E-state index contributed by atoms with van der Waals surface area (Å²) in [6.07, 6.45) is 2.24. The first-order valence-electron chi connectivity index (χ1n) is 9.73. The second-order valence-corrected chi connectivity index (χ2v) is 7.30. The van der Waals surface area contributed by atoms with Gasteiger partial charge in [-0.25, -0.2) is 9.07 Å². The molecule has 148 valence electrons. The third-order valence-corrected chi connectivity index (χ3v) is 5.63. The van der Waals surface area contributed by atoms with Crippen LogP contribution in [0.1, 0.15) is 11.7 Å². The Kier molecular flexibility index (Phi) is 4.52. The fourth-order valence-corrected chi connectivity index (χ4v) is 4.16. The maximum absolute atomic E-state index is 13.5. The van der Waals surface area contributed by atoms with Gasteiger partial charge in [-0.2, -0.15) is 5.10 Å². The molecule has 5 rings (SSSR count). The summed E-state index contributed by atoms with van der Waals surface area (Å²) in [6, 6.07) is 14.5. The molecule has 6 nitrogen and oxygen atoms in total. The number of carbonyl (C=O) groups is 1. The largest absolute Gasteiger partial charge is 0.488 e. The van der Waals surface area contributed by atoms with E-state index in [2.05, 4.69) is 14.9 Å². The topological polar surface area (TPSA) is 50.6 Å². The molecule has 1 unspecified atom stereocenters. The predicted octanol–water partition coefficient (Wildman–Crippen LogP) is 3.10. The molecule has 7 heteroatoms. The van der Waals surface area contributed by atoms with Crippen LogP contribution in [0.4, 0.5) is 10.1 Å². The Morgan fingerprint density at radius 1 is 1.07 bits per heavy atom. The van der Waals surface area contributed by atoms with E-state index < -0.39 is 6.17 Å². The zero-order chi connectivity index (χ0) is 19.8. The van der Waals surface area contributed by atoms with Crippen LogP contribution in [0.3, 0.4) is 0 Å². The standard InChI is InChI=1S/C22H21FN4O2/c23-17-4-3-5-18(12-17)25-8-10-26(11-9-25)21(14-28)27-22-16(13-24-27)15-29-20-7-2-1-6-19(20)22/h1-7,12-14,21H,8-11,15H2. The number of benzene rings is 2. The van der Waals surface area contributed by atoms with Crippen LogP contribution in [0, 0.1) is 5.82 Å². The van der Waals surface area contributed by atoms with Crippen molar-refractivity contribution in [3.63, 3.8) is 0 Å². The maximum atomic E-state index is 13.5. The lowest BCUT2D eigenvalue weighted by Crippen LogP contribution is -2.49. The Morgan fingerprint density at radius 2 is 1.90 bits per heavy atom. The molecule has 0 N–H and O–H groups in total. The van der Waals surface area contributed by atoms with Crippen LogP contribution >= 0.6 is 0 Å². The Balaban J connectivity index is 1.39. The van der Waals surface area contributed by atoms with E-state index in [-0.39, 0.29) is 5.82 Å². The van der Waals surface area contributed by atoms with Crippen LogP contribution in [0.5, 0.6) is 5.75 Å². The minimum Gasteiger partial charge on any atom is -0.488 e. The molecule has 0 bridgehead atoms. The van der Waals surface area contributed by atoms with Gasteiger partial charge < -0.3 is 9.64 Å². The van der Waals surface area contributed by atoms with E-state index in [9.17, 15) is 9.18 Å². The highest BCUT2D eigenvalue weighted by molar-refractivity contribution is 5.73. The van der Waals surface area contributed by atoms with Gasteiger partial charge in [0.1, 0.15) is 18.2 Å². The van der Waals surface area contributed by atoms with Crippen LogP contribution in [0.15, 0.2) is 54.7 Å². The number of halogens is 1. The number of piperazine rings is 1. The van der Waals surface area contributed by atoms with Crippen molar-refractivity contribution in [1.82, 2.24) is 14.7 Å². The smallest absolute Gasteiger partial charge is 0.161 e. The van der Waals surface area contributed by atoms with Crippen LogP contribution in [0.25, 0.3) is 11.3 Å². The summed E-state index contributed by atoms with van der Waals surface area (Å²) >= 11 is 0. The van der Waals surface area contributed by atoms with Gasteiger partial charge in [-0.3, -0.25) is 9.69 Å². The minimum atomic E-state index is -0.487. The van der Waals surface area contributed by atoms with Crippen molar-refractivity contribution in [2.75, 3.05) is 31.1 Å². The SMILES string of the molecule is O=CC(N1CCN(c2cccc(F)c2)CC1)n1ncc2c1-c1ccccc1OC2. The van der Waals surface area contributed by atoms with E-state index in [1.165, 1.54) is 6.07 Å². The molecule has 2 aliphatic rings. The summed E-state index contributed by atoms with van der Waals surface area (Å²) in [6.45, 7) is 3.26. The molecule has 1 aromatic heterocycles. The molecule has 3 heterocycles. The van der Waals surface area contributed by atoms with Crippen molar-refractivity contribution in [2.24, 2.45) is 0 Å². The normalized spacial score (nSPS) is 17.2. The van der Waals surface area contributed by atoms with Crippen LogP contribution in [0.2, 0.25) is 0 Å². The van der Waals surface area contributed by atoms with Gasteiger partial charge in [0.05, 0.1) is 11.9 Å². The molecule has 1 atom stereocenters. The second-order valence-electron chi connectivity index (χ2n) is 7.30. The number of aromatic nitrogens is 2. The third kappa shape index (κ3) is 3.17. The summed E-state index contributed by atoms with van der Waals surface area (Å²) in [5.41, 5.74) is 3.75.